The molecule has 0 saturated heterocycles. The molecule has 1 aromatic carbocycles. The average molecular weight is 231 g/mol. The third-order valence-electron chi connectivity index (χ3n) is 3.95. The monoisotopic (exact) mass is 231 g/mol. The number of carbonyl (C=O) groups is 1. The first kappa shape index (κ1) is 12.3. The molecule has 2 N–H and O–H groups in total. The smallest absolute Gasteiger partial charge is 0.133 e. The van der Waals surface area contributed by atoms with Gasteiger partial charge in [-0.3, -0.25) is 4.79 Å². The highest BCUT2D eigenvalue weighted by Gasteiger charge is 2.36. The van der Waals surface area contributed by atoms with Crippen LogP contribution in [0.15, 0.2) is 30.3 Å². The molecule has 0 unspecified atom stereocenters. The fourth-order valence-electron chi connectivity index (χ4n) is 2.56. The Morgan fingerprint density at radius 3 is 2.47 bits per heavy atom. The zero-order chi connectivity index (χ0) is 12.1. The summed E-state index contributed by atoms with van der Waals surface area (Å²) >= 11 is 0. The largest absolute Gasteiger partial charge is 0.330 e. The lowest BCUT2D eigenvalue weighted by Gasteiger charge is -2.40. The zero-order valence-corrected chi connectivity index (χ0v) is 10.3. The number of hydrogen-bond donors (Lipinski definition) is 1. The maximum absolute atomic E-state index is 11.9. The fourth-order valence-corrected chi connectivity index (χ4v) is 2.56. The van der Waals surface area contributed by atoms with Gasteiger partial charge in [-0.2, -0.15) is 0 Å². The maximum atomic E-state index is 11.9. The molecule has 2 rings (SSSR count). The van der Waals surface area contributed by atoms with E-state index >= 15 is 0 Å². The highest BCUT2D eigenvalue weighted by Crippen LogP contribution is 2.43. The van der Waals surface area contributed by atoms with Crippen LogP contribution < -0.4 is 5.73 Å². The van der Waals surface area contributed by atoms with E-state index in [0.29, 0.717) is 25.2 Å². The molecular formula is C15H21NO. The van der Waals surface area contributed by atoms with Crippen molar-refractivity contribution in [1.29, 1.82) is 0 Å². The van der Waals surface area contributed by atoms with Crippen LogP contribution in [-0.4, -0.2) is 12.3 Å². The Labute approximate surface area is 103 Å². The molecule has 1 aliphatic rings. The van der Waals surface area contributed by atoms with Crippen LogP contribution in [-0.2, 0) is 11.2 Å². The highest BCUT2D eigenvalue weighted by molar-refractivity contribution is 5.79. The fraction of sp³-hybridized carbons (Fsp3) is 0.533. The Morgan fingerprint density at radius 2 is 1.94 bits per heavy atom. The van der Waals surface area contributed by atoms with Crippen molar-refractivity contribution in [1.82, 2.24) is 0 Å². The summed E-state index contributed by atoms with van der Waals surface area (Å²) in [5.41, 5.74) is 7.18. The summed E-state index contributed by atoms with van der Waals surface area (Å²) in [6.07, 6.45) is 5.73. The molecule has 0 amide bonds. The molecule has 1 saturated carbocycles. The van der Waals surface area contributed by atoms with Crippen molar-refractivity contribution >= 4 is 5.78 Å². The summed E-state index contributed by atoms with van der Waals surface area (Å²) in [6.45, 7) is 0.671. The van der Waals surface area contributed by atoms with Gasteiger partial charge in [-0.1, -0.05) is 36.8 Å². The summed E-state index contributed by atoms with van der Waals surface area (Å²) < 4.78 is 0. The van der Waals surface area contributed by atoms with Crippen molar-refractivity contribution < 1.29 is 4.79 Å². The van der Waals surface area contributed by atoms with E-state index in [9.17, 15) is 4.79 Å². The lowest BCUT2D eigenvalue weighted by molar-refractivity contribution is -0.122. The molecule has 0 radical (unpaired) electrons. The van der Waals surface area contributed by atoms with Crippen molar-refractivity contribution in [2.45, 2.75) is 38.5 Å². The molecule has 0 aliphatic heterocycles. The van der Waals surface area contributed by atoms with Crippen LogP contribution in [0, 0.1) is 5.41 Å². The Morgan fingerprint density at radius 1 is 1.24 bits per heavy atom. The molecule has 0 atom stereocenters. The molecule has 0 bridgehead atoms. The second-order valence-corrected chi connectivity index (χ2v) is 5.26. The molecule has 1 aromatic rings. The number of aryl methyl sites for hydroxylation is 1. The minimum atomic E-state index is 0.160. The molecule has 1 fully saturated rings. The predicted molar refractivity (Wildman–Crippen MR) is 69.7 cm³/mol. The molecule has 0 heterocycles. The van der Waals surface area contributed by atoms with Gasteiger partial charge in [0.1, 0.15) is 5.78 Å². The predicted octanol–water partition coefficient (Wildman–Crippen LogP) is 2.71. The first-order chi connectivity index (χ1) is 8.24. The van der Waals surface area contributed by atoms with Gasteiger partial charge in [0, 0.05) is 12.8 Å². The zero-order valence-electron chi connectivity index (χ0n) is 10.3. The molecule has 0 aromatic heterocycles. The first-order valence-corrected chi connectivity index (χ1v) is 6.50. The van der Waals surface area contributed by atoms with Gasteiger partial charge in [0.05, 0.1) is 0 Å². The van der Waals surface area contributed by atoms with E-state index in [-0.39, 0.29) is 5.41 Å². The van der Waals surface area contributed by atoms with Crippen LogP contribution in [0.4, 0.5) is 0 Å². The summed E-state index contributed by atoms with van der Waals surface area (Å²) in [5.74, 6) is 0.374. The number of ketones is 1. The van der Waals surface area contributed by atoms with Crippen LogP contribution >= 0.6 is 0 Å². The topological polar surface area (TPSA) is 43.1 Å². The molecule has 92 valence electrons. The van der Waals surface area contributed by atoms with Crippen molar-refractivity contribution in [2.75, 3.05) is 6.54 Å². The van der Waals surface area contributed by atoms with Gasteiger partial charge in [-0.05, 0) is 36.8 Å². The molecule has 2 nitrogen and oxygen atoms in total. The summed E-state index contributed by atoms with van der Waals surface area (Å²) in [4.78, 5) is 11.9. The standard InChI is InChI=1S/C15H21NO/c16-12-15(9-4-10-15)11-14(17)8-7-13-5-2-1-3-6-13/h1-3,5-6H,4,7-12,16H2. The number of rotatable bonds is 6. The second kappa shape index (κ2) is 5.46. The summed E-state index contributed by atoms with van der Waals surface area (Å²) in [5, 5.41) is 0. The normalized spacial score (nSPS) is 17.5. The third kappa shape index (κ3) is 3.16. The van der Waals surface area contributed by atoms with Crippen LogP contribution in [0.2, 0.25) is 0 Å². The van der Waals surface area contributed by atoms with Gasteiger partial charge < -0.3 is 5.73 Å². The number of Topliss-reactive ketones (excluding diaryl/α,β-unsaturated/α-hetero) is 1. The second-order valence-electron chi connectivity index (χ2n) is 5.26. The van der Waals surface area contributed by atoms with Gasteiger partial charge >= 0.3 is 0 Å². The highest BCUT2D eigenvalue weighted by atomic mass is 16.1. The Kier molecular flexibility index (Phi) is 3.95. The average Bonchev–Trinajstić information content (AvgIpc) is 2.33. The quantitative estimate of drug-likeness (QED) is 0.818. The van der Waals surface area contributed by atoms with E-state index < -0.39 is 0 Å². The van der Waals surface area contributed by atoms with E-state index in [2.05, 4.69) is 12.1 Å². The summed E-state index contributed by atoms with van der Waals surface area (Å²) in [6, 6.07) is 10.2. The van der Waals surface area contributed by atoms with E-state index in [4.69, 9.17) is 5.73 Å². The van der Waals surface area contributed by atoms with E-state index in [1.54, 1.807) is 0 Å². The van der Waals surface area contributed by atoms with Gasteiger partial charge in [0.25, 0.3) is 0 Å². The van der Waals surface area contributed by atoms with Gasteiger partial charge in [-0.25, -0.2) is 0 Å². The Hall–Kier alpha value is -1.15. The van der Waals surface area contributed by atoms with Crippen LogP contribution in [0.3, 0.4) is 0 Å². The van der Waals surface area contributed by atoms with Gasteiger partial charge in [0.15, 0.2) is 0 Å². The third-order valence-corrected chi connectivity index (χ3v) is 3.95. The molecule has 17 heavy (non-hydrogen) atoms. The van der Waals surface area contributed by atoms with E-state index in [1.165, 1.54) is 12.0 Å². The molecule has 0 spiro atoms. The van der Waals surface area contributed by atoms with Crippen molar-refractivity contribution in [3.05, 3.63) is 35.9 Å². The minimum Gasteiger partial charge on any atom is -0.330 e. The Balaban J connectivity index is 1.78. The number of carbonyl (C=O) groups excluding carboxylic acids is 1. The van der Waals surface area contributed by atoms with Gasteiger partial charge in [-0.15, -0.1) is 0 Å². The number of benzene rings is 1. The van der Waals surface area contributed by atoms with Crippen LogP contribution in [0.1, 0.15) is 37.7 Å². The number of hydrogen-bond acceptors (Lipinski definition) is 2. The first-order valence-electron chi connectivity index (χ1n) is 6.50. The molecule has 2 heteroatoms. The van der Waals surface area contributed by atoms with Crippen LogP contribution in [0.25, 0.3) is 0 Å². The lowest BCUT2D eigenvalue weighted by atomic mass is 9.65. The molecule has 1 aliphatic carbocycles. The van der Waals surface area contributed by atoms with Crippen molar-refractivity contribution in [3.63, 3.8) is 0 Å². The van der Waals surface area contributed by atoms with Crippen LogP contribution in [0.5, 0.6) is 0 Å². The maximum Gasteiger partial charge on any atom is 0.133 e. The Bertz CT molecular complexity index is 362. The minimum absolute atomic E-state index is 0.160. The molecular weight excluding hydrogens is 210 g/mol. The lowest BCUT2D eigenvalue weighted by Crippen LogP contribution is -2.39. The van der Waals surface area contributed by atoms with Crippen molar-refractivity contribution in [3.8, 4) is 0 Å². The summed E-state index contributed by atoms with van der Waals surface area (Å²) in [7, 11) is 0. The van der Waals surface area contributed by atoms with E-state index in [1.807, 2.05) is 18.2 Å². The van der Waals surface area contributed by atoms with Gasteiger partial charge in [0.2, 0.25) is 0 Å². The van der Waals surface area contributed by atoms with E-state index in [0.717, 1.165) is 19.3 Å². The number of nitrogens with two attached hydrogens (primary N) is 1. The van der Waals surface area contributed by atoms with Crippen molar-refractivity contribution in [2.24, 2.45) is 11.1 Å². The SMILES string of the molecule is NCC1(CC(=O)CCc2ccccc2)CCC1.